The van der Waals surface area contributed by atoms with Crippen LogP contribution in [0.15, 0.2) is 64.0 Å². The third-order valence-corrected chi connectivity index (χ3v) is 3.75. The molecule has 0 unspecified atom stereocenters. The minimum atomic E-state index is -0.138. The van der Waals surface area contributed by atoms with Crippen molar-refractivity contribution in [3.05, 3.63) is 71.1 Å². The number of pyridine rings is 1. The Labute approximate surface area is 137 Å². The van der Waals surface area contributed by atoms with E-state index in [-0.39, 0.29) is 5.69 Å². The van der Waals surface area contributed by atoms with Crippen LogP contribution in [0.5, 0.6) is 0 Å². The summed E-state index contributed by atoms with van der Waals surface area (Å²) in [6, 6.07) is 15.1. The maximum atomic E-state index is 12.2. The van der Waals surface area contributed by atoms with E-state index in [4.69, 9.17) is 4.52 Å². The highest BCUT2D eigenvalue weighted by Crippen LogP contribution is 2.15. The maximum absolute atomic E-state index is 12.2. The zero-order chi connectivity index (χ0) is 16.4. The first-order valence-electron chi connectivity index (χ1n) is 7.73. The quantitative estimate of drug-likeness (QED) is 0.563. The van der Waals surface area contributed by atoms with Gasteiger partial charge in [0.25, 0.3) is 0 Å². The third-order valence-electron chi connectivity index (χ3n) is 3.75. The molecule has 0 aliphatic rings. The van der Waals surface area contributed by atoms with Crippen LogP contribution in [0, 0.1) is 0 Å². The molecule has 0 radical (unpaired) electrons. The Morgan fingerprint density at radius 1 is 1.04 bits per heavy atom. The van der Waals surface area contributed by atoms with Gasteiger partial charge in [0, 0.05) is 24.7 Å². The van der Waals surface area contributed by atoms with E-state index >= 15 is 0 Å². The number of aromatic nitrogens is 5. The smallest absolute Gasteiger partial charge is 0.339 e. The van der Waals surface area contributed by atoms with Crippen molar-refractivity contribution >= 4 is 5.65 Å². The Kier molecular flexibility index (Phi) is 3.66. The first-order chi connectivity index (χ1) is 11.8. The second-order valence-electron chi connectivity index (χ2n) is 5.42. The lowest BCUT2D eigenvalue weighted by molar-refractivity contribution is 0.371. The summed E-state index contributed by atoms with van der Waals surface area (Å²) in [7, 11) is 0. The van der Waals surface area contributed by atoms with E-state index in [0.29, 0.717) is 36.7 Å². The molecule has 3 aromatic heterocycles. The second-order valence-corrected chi connectivity index (χ2v) is 5.42. The summed E-state index contributed by atoms with van der Waals surface area (Å²) in [5, 5.41) is 8.29. The average molecular weight is 321 g/mol. The van der Waals surface area contributed by atoms with Gasteiger partial charge in [-0.15, -0.1) is 5.10 Å². The Balaban J connectivity index is 1.43. The molecule has 7 nitrogen and oxygen atoms in total. The van der Waals surface area contributed by atoms with Gasteiger partial charge >= 0.3 is 5.69 Å². The van der Waals surface area contributed by atoms with Gasteiger partial charge in [0.05, 0.1) is 0 Å². The topological polar surface area (TPSA) is 78.2 Å². The lowest BCUT2D eigenvalue weighted by Gasteiger charge is -1.96. The molecule has 0 N–H and O–H groups in total. The molecule has 4 rings (SSSR count). The van der Waals surface area contributed by atoms with E-state index in [9.17, 15) is 4.79 Å². The van der Waals surface area contributed by atoms with Crippen LogP contribution in [-0.2, 0) is 13.0 Å². The summed E-state index contributed by atoms with van der Waals surface area (Å²) in [6.45, 7) is 0.504. The third kappa shape index (κ3) is 2.71. The molecular formula is C17H15N5O2. The predicted octanol–water partition coefficient (Wildman–Crippen LogP) is 2.18. The van der Waals surface area contributed by atoms with Crippen molar-refractivity contribution in [2.24, 2.45) is 0 Å². The largest absolute Gasteiger partial charge is 0.350 e. The van der Waals surface area contributed by atoms with E-state index in [1.165, 1.54) is 9.08 Å². The van der Waals surface area contributed by atoms with Gasteiger partial charge in [-0.2, -0.15) is 4.98 Å². The molecule has 0 atom stereocenters. The van der Waals surface area contributed by atoms with Crippen LogP contribution in [0.3, 0.4) is 0 Å². The average Bonchev–Trinajstić information content (AvgIpc) is 3.22. The van der Waals surface area contributed by atoms with Crippen molar-refractivity contribution < 1.29 is 4.52 Å². The van der Waals surface area contributed by atoms with Gasteiger partial charge in [-0.25, -0.2) is 9.48 Å². The van der Waals surface area contributed by atoms with E-state index in [1.807, 2.05) is 48.5 Å². The van der Waals surface area contributed by atoms with Crippen LogP contribution in [0.2, 0.25) is 0 Å². The van der Waals surface area contributed by atoms with Crippen molar-refractivity contribution in [2.45, 2.75) is 19.4 Å². The fourth-order valence-electron chi connectivity index (χ4n) is 2.55. The van der Waals surface area contributed by atoms with Gasteiger partial charge in [-0.05, 0) is 18.6 Å². The first-order valence-corrected chi connectivity index (χ1v) is 7.73. The molecule has 1 aromatic carbocycles. The first kappa shape index (κ1) is 14.4. The van der Waals surface area contributed by atoms with Gasteiger partial charge in [0.2, 0.25) is 11.7 Å². The van der Waals surface area contributed by atoms with E-state index < -0.39 is 0 Å². The summed E-state index contributed by atoms with van der Waals surface area (Å²) >= 11 is 0. The monoisotopic (exact) mass is 321 g/mol. The van der Waals surface area contributed by atoms with Crippen molar-refractivity contribution in [2.75, 3.05) is 0 Å². The minimum absolute atomic E-state index is 0.138. The molecule has 4 aromatic rings. The van der Waals surface area contributed by atoms with Crippen molar-refractivity contribution in [3.8, 4) is 11.4 Å². The highest BCUT2D eigenvalue weighted by Gasteiger charge is 2.09. The zero-order valence-electron chi connectivity index (χ0n) is 12.9. The minimum Gasteiger partial charge on any atom is -0.339 e. The zero-order valence-corrected chi connectivity index (χ0v) is 12.9. The molecule has 24 heavy (non-hydrogen) atoms. The highest BCUT2D eigenvalue weighted by atomic mass is 16.5. The lowest BCUT2D eigenvalue weighted by Crippen LogP contribution is -2.21. The molecule has 7 heteroatoms. The standard InChI is InChI=1S/C17H15N5O2/c23-17-21-11-5-4-9-14(21)19-22(17)12-6-10-15-18-16(20-24-15)13-7-2-1-3-8-13/h1-5,7-9,11H,6,10,12H2. The van der Waals surface area contributed by atoms with E-state index in [1.54, 1.807) is 6.20 Å². The Morgan fingerprint density at radius 2 is 1.88 bits per heavy atom. The Bertz CT molecular complexity index is 1020. The summed E-state index contributed by atoms with van der Waals surface area (Å²) in [5.74, 6) is 1.14. The molecule has 0 fully saturated rings. The number of hydrogen-bond acceptors (Lipinski definition) is 5. The van der Waals surface area contributed by atoms with Crippen LogP contribution in [0.25, 0.3) is 17.0 Å². The molecule has 0 amide bonds. The highest BCUT2D eigenvalue weighted by molar-refractivity contribution is 5.53. The molecule has 0 bridgehead atoms. The second kappa shape index (κ2) is 6.11. The summed E-state index contributed by atoms with van der Waals surface area (Å²) < 4.78 is 8.26. The number of hydrogen-bond donors (Lipinski definition) is 0. The molecule has 120 valence electrons. The Morgan fingerprint density at radius 3 is 2.71 bits per heavy atom. The molecule has 3 heterocycles. The molecular weight excluding hydrogens is 306 g/mol. The molecule has 0 saturated heterocycles. The maximum Gasteiger partial charge on any atom is 0.350 e. The van der Waals surface area contributed by atoms with Gasteiger partial charge in [0.15, 0.2) is 5.65 Å². The van der Waals surface area contributed by atoms with Gasteiger partial charge < -0.3 is 4.52 Å². The molecule has 0 aliphatic heterocycles. The summed E-state index contributed by atoms with van der Waals surface area (Å²) in [6.07, 6.45) is 3.01. The number of nitrogens with zero attached hydrogens (tertiary/aromatic N) is 5. The van der Waals surface area contributed by atoms with Crippen LogP contribution in [-0.4, -0.2) is 24.3 Å². The normalized spacial score (nSPS) is 11.2. The fourth-order valence-corrected chi connectivity index (χ4v) is 2.55. The number of benzene rings is 1. The lowest BCUT2D eigenvalue weighted by atomic mass is 10.2. The van der Waals surface area contributed by atoms with Gasteiger partial charge in [-0.3, -0.25) is 4.40 Å². The summed E-state index contributed by atoms with van der Waals surface area (Å²) in [4.78, 5) is 16.6. The van der Waals surface area contributed by atoms with Crippen molar-refractivity contribution in [1.82, 2.24) is 24.3 Å². The van der Waals surface area contributed by atoms with Gasteiger partial charge in [-0.1, -0.05) is 41.6 Å². The molecule has 0 saturated carbocycles. The number of aryl methyl sites for hydroxylation is 2. The SMILES string of the molecule is O=c1n(CCCc2nc(-c3ccccc3)no2)nc2ccccn12. The molecule has 0 aliphatic carbocycles. The van der Waals surface area contributed by atoms with Crippen LogP contribution < -0.4 is 5.69 Å². The van der Waals surface area contributed by atoms with E-state index in [2.05, 4.69) is 15.2 Å². The van der Waals surface area contributed by atoms with Crippen LogP contribution in [0.4, 0.5) is 0 Å². The number of rotatable bonds is 5. The Hall–Kier alpha value is -3.22. The van der Waals surface area contributed by atoms with Gasteiger partial charge in [0.1, 0.15) is 0 Å². The molecule has 0 spiro atoms. The predicted molar refractivity (Wildman–Crippen MR) is 87.5 cm³/mol. The van der Waals surface area contributed by atoms with Crippen molar-refractivity contribution in [1.29, 1.82) is 0 Å². The van der Waals surface area contributed by atoms with Crippen molar-refractivity contribution in [3.63, 3.8) is 0 Å². The summed E-state index contributed by atoms with van der Waals surface area (Å²) in [5.41, 5.74) is 1.43. The number of fused-ring (bicyclic) bond motifs is 1. The fraction of sp³-hybridized carbons (Fsp3) is 0.176. The van der Waals surface area contributed by atoms with E-state index in [0.717, 1.165) is 5.56 Å². The van der Waals surface area contributed by atoms with Crippen LogP contribution >= 0.6 is 0 Å². The van der Waals surface area contributed by atoms with Crippen LogP contribution in [0.1, 0.15) is 12.3 Å².